The van der Waals surface area contributed by atoms with E-state index in [1.54, 1.807) is 0 Å². The molecule has 0 fully saturated rings. The molecule has 1 unspecified atom stereocenters. The molecule has 0 saturated heterocycles. The first kappa shape index (κ1) is 65.3. The van der Waals surface area contributed by atoms with E-state index in [-0.39, 0.29) is 31.6 Å². The normalized spacial score (nSPS) is 13.2. The van der Waals surface area contributed by atoms with E-state index in [0.717, 1.165) is 128 Å². The van der Waals surface area contributed by atoms with Gasteiger partial charge in [0.05, 0.1) is 0 Å². The Morgan fingerprint density at radius 2 is 0.586 bits per heavy atom. The van der Waals surface area contributed by atoms with E-state index in [1.165, 1.54) is 44.9 Å². The number of carbonyl (C=O) groups excluding carboxylic acids is 3. The third-order valence-corrected chi connectivity index (χ3v) is 11.1. The number of hydrogen-bond acceptors (Lipinski definition) is 6. The van der Waals surface area contributed by atoms with Crippen LogP contribution in [0.15, 0.2) is 146 Å². The van der Waals surface area contributed by atoms with Gasteiger partial charge in [0.25, 0.3) is 0 Å². The number of esters is 3. The molecule has 392 valence electrons. The molecule has 1 atom stereocenters. The van der Waals surface area contributed by atoms with E-state index in [2.05, 4.69) is 154 Å². The van der Waals surface area contributed by atoms with Crippen molar-refractivity contribution in [2.75, 3.05) is 13.2 Å². The van der Waals surface area contributed by atoms with E-state index in [4.69, 9.17) is 14.2 Å². The van der Waals surface area contributed by atoms with Crippen LogP contribution in [0.5, 0.6) is 0 Å². The van der Waals surface area contributed by atoms with Crippen LogP contribution in [0.3, 0.4) is 0 Å². The molecule has 6 heteroatoms. The van der Waals surface area contributed by atoms with Crippen LogP contribution in [-0.4, -0.2) is 37.2 Å². The Bertz CT molecular complexity index is 1580. The first-order valence-corrected chi connectivity index (χ1v) is 27.8. The van der Waals surface area contributed by atoms with Gasteiger partial charge >= 0.3 is 17.9 Å². The summed E-state index contributed by atoms with van der Waals surface area (Å²) in [5.41, 5.74) is 0. The average Bonchev–Trinajstić information content (AvgIpc) is 3.36. The summed E-state index contributed by atoms with van der Waals surface area (Å²) in [7, 11) is 0. The fourth-order valence-corrected chi connectivity index (χ4v) is 7.00. The molecule has 0 spiro atoms. The number of hydrogen-bond donors (Lipinski definition) is 0. The molecular formula is C64H100O6. The largest absolute Gasteiger partial charge is 0.462 e. The van der Waals surface area contributed by atoms with Gasteiger partial charge in [-0.3, -0.25) is 14.4 Å². The van der Waals surface area contributed by atoms with E-state index >= 15 is 0 Å². The molecule has 0 aromatic heterocycles. The molecule has 0 aliphatic carbocycles. The second kappa shape index (κ2) is 56.9. The maximum Gasteiger partial charge on any atom is 0.306 e. The summed E-state index contributed by atoms with van der Waals surface area (Å²) in [5.74, 6) is -1.04. The van der Waals surface area contributed by atoms with Crippen molar-refractivity contribution in [2.45, 2.75) is 226 Å². The zero-order chi connectivity index (χ0) is 50.7. The van der Waals surface area contributed by atoms with Crippen LogP contribution in [0.1, 0.15) is 220 Å². The topological polar surface area (TPSA) is 78.9 Å². The zero-order valence-electron chi connectivity index (χ0n) is 44.7. The lowest BCUT2D eigenvalue weighted by Crippen LogP contribution is -2.30. The highest BCUT2D eigenvalue weighted by Crippen LogP contribution is 2.13. The SMILES string of the molecule is CC/C=C\C/C=C\C/C=C\C/C=C\C/C=C\C/C=C\CCCCCCC(=O)OCC(COC(=O)CCCCCCCCCCCC)OC(=O)CC/C=C\C/C=C\C/C=C\C/C=C\C/C=C\C/C=C\CC. The number of rotatable bonds is 48. The Morgan fingerprint density at radius 3 is 0.929 bits per heavy atom. The van der Waals surface area contributed by atoms with Gasteiger partial charge in [-0.15, -0.1) is 0 Å². The molecule has 0 amide bonds. The molecule has 0 N–H and O–H groups in total. The first-order chi connectivity index (χ1) is 34.5. The molecule has 6 nitrogen and oxygen atoms in total. The highest BCUT2D eigenvalue weighted by atomic mass is 16.6. The lowest BCUT2D eigenvalue weighted by atomic mass is 10.1. The molecule has 0 radical (unpaired) electrons. The Balaban J connectivity index is 4.51. The summed E-state index contributed by atoms with van der Waals surface area (Å²) in [5, 5.41) is 0. The van der Waals surface area contributed by atoms with Gasteiger partial charge in [-0.1, -0.05) is 237 Å². The van der Waals surface area contributed by atoms with Crippen molar-refractivity contribution < 1.29 is 28.6 Å². The van der Waals surface area contributed by atoms with Crippen molar-refractivity contribution in [3.63, 3.8) is 0 Å². The molecule has 0 rings (SSSR count). The maximum absolute atomic E-state index is 12.8. The van der Waals surface area contributed by atoms with Crippen LogP contribution >= 0.6 is 0 Å². The molecule has 0 heterocycles. The smallest absolute Gasteiger partial charge is 0.306 e. The van der Waals surface area contributed by atoms with Gasteiger partial charge in [-0.2, -0.15) is 0 Å². The fourth-order valence-electron chi connectivity index (χ4n) is 7.00. The summed E-state index contributed by atoms with van der Waals surface area (Å²) in [6.45, 7) is 6.30. The van der Waals surface area contributed by atoms with Crippen LogP contribution in [0.25, 0.3) is 0 Å². The molecule has 0 saturated carbocycles. The van der Waals surface area contributed by atoms with Crippen LogP contribution < -0.4 is 0 Å². The van der Waals surface area contributed by atoms with Crippen molar-refractivity contribution in [3.8, 4) is 0 Å². The molecule has 0 aromatic rings. The third kappa shape index (κ3) is 54.2. The van der Waals surface area contributed by atoms with Gasteiger partial charge in [0, 0.05) is 19.3 Å². The molecule has 0 bridgehead atoms. The predicted octanol–water partition coefficient (Wildman–Crippen LogP) is 18.8. The summed E-state index contributed by atoms with van der Waals surface area (Å²) in [6, 6.07) is 0. The zero-order valence-corrected chi connectivity index (χ0v) is 44.7. The van der Waals surface area contributed by atoms with Gasteiger partial charge in [0.15, 0.2) is 6.10 Å². The van der Waals surface area contributed by atoms with Crippen LogP contribution in [0, 0.1) is 0 Å². The molecule has 0 aliphatic heterocycles. The van der Waals surface area contributed by atoms with Crippen molar-refractivity contribution in [1.82, 2.24) is 0 Å². The Hall–Kier alpha value is -4.71. The van der Waals surface area contributed by atoms with Crippen molar-refractivity contribution in [1.29, 1.82) is 0 Å². The Kier molecular flexibility index (Phi) is 53.0. The minimum Gasteiger partial charge on any atom is -0.462 e. The van der Waals surface area contributed by atoms with E-state index < -0.39 is 12.1 Å². The van der Waals surface area contributed by atoms with Gasteiger partial charge in [0.1, 0.15) is 13.2 Å². The Labute approximate surface area is 429 Å². The standard InChI is InChI=1S/C64H100O6/c1-4-7-10-13-16-19-22-24-26-28-30-31-32-33-35-36-38-40-42-45-48-51-54-57-63(66)69-60-61(59-68-62(65)56-53-50-47-44-21-18-15-12-9-6-3)70-64(67)58-55-52-49-46-43-41-39-37-34-29-27-25-23-20-17-14-11-8-5-2/h7-8,10-11,16-17,19-20,24-27,30-31,33-35,37-38,40-41,43,49,52,61H,4-6,9,12-15,18,21-23,28-29,32,36,39,42,44-48,50-51,53-60H2,1-3H3/b10-7-,11-8-,19-16-,20-17-,26-24-,27-25-,31-30-,35-33-,37-34-,40-38-,43-41-,52-49-. The van der Waals surface area contributed by atoms with Gasteiger partial charge in [0.2, 0.25) is 0 Å². The van der Waals surface area contributed by atoms with E-state index in [1.807, 2.05) is 12.2 Å². The third-order valence-electron chi connectivity index (χ3n) is 11.1. The number of unbranched alkanes of at least 4 members (excludes halogenated alkanes) is 13. The van der Waals surface area contributed by atoms with Crippen LogP contribution in [-0.2, 0) is 28.6 Å². The molecular weight excluding hydrogens is 865 g/mol. The number of allylic oxidation sites excluding steroid dienone is 24. The highest BCUT2D eigenvalue weighted by molar-refractivity contribution is 5.71. The lowest BCUT2D eigenvalue weighted by molar-refractivity contribution is -0.166. The molecule has 0 aromatic carbocycles. The number of ether oxygens (including phenoxy) is 3. The van der Waals surface area contributed by atoms with Gasteiger partial charge < -0.3 is 14.2 Å². The second-order valence-corrected chi connectivity index (χ2v) is 17.7. The van der Waals surface area contributed by atoms with Crippen LogP contribution in [0.2, 0.25) is 0 Å². The first-order valence-electron chi connectivity index (χ1n) is 27.8. The molecule has 70 heavy (non-hydrogen) atoms. The lowest BCUT2D eigenvalue weighted by Gasteiger charge is -2.18. The minimum atomic E-state index is -0.834. The van der Waals surface area contributed by atoms with Gasteiger partial charge in [-0.05, 0) is 109 Å². The van der Waals surface area contributed by atoms with E-state index in [9.17, 15) is 14.4 Å². The quantitative estimate of drug-likeness (QED) is 0.0262. The average molecular weight is 965 g/mol. The number of carbonyl (C=O) groups is 3. The summed E-state index contributed by atoms with van der Waals surface area (Å²) in [6.07, 6.45) is 81.3. The van der Waals surface area contributed by atoms with Crippen molar-refractivity contribution in [2.24, 2.45) is 0 Å². The fraction of sp³-hybridized carbons (Fsp3) is 0.578. The summed E-state index contributed by atoms with van der Waals surface area (Å²) in [4.78, 5) is 38.0. The minimum absolute atomic E-state index is 0.121. The van der Waals surface area contributed by atoms with Gasteiger partial charge in [-0.25, -0.2) is 0 Å². The molecule has 0 aliphatic rings. The van der Waals surface area contributed by atoms with Crippen molar-refractivity contribution >= 4 is 17.9 Å². The van der Waals surface area contributed by atoms with E-state index in [0.29, 0.717) is 19.3 Å². The highest BCUT2D eigenvalue weighted by Gasteiger charge is 2.19. The summed E-state index contributed by atoms with van der Waals surface area (Å²) < 4.78 is 16.7. The summed E-state index contributed by atoms with van der Waals surface area (Å²) >= 11 is 0. The van der Waals surface area contributed by atoms with Crippen LogP contribution in [0.4, 0.5) is 0 Å². The predicted molar refractivity (Wildman–Crippen MR) is 302 cm³/mol. The van der Waals surface area contributed by atoms with Crippen molar-refractivity contribution in [3.05, 3.63) is 146 Å². The Morgan fingerprint density at radius 1 is 0.300 bits per heavy atom. The maximum atomic E-state index is 12.8. The monoisotopic (exact) mass is 965 g/mol. The second-order valence-electron chi connectivity index (χ2n) is 17.7.